The van der Waals surface area contributed by atoms with Crippen LogP contribution in [0.3, 0.4) is 0 Å². The first kappa shape index (κ1) is 29.8. The van der Waals surface area contributed by atoms with Crippen molar-refractivity contribution in [1.29, 1.82) is 0 Å². The molecule has 2 amide bonds. The average Bonchev–Trinajstić information content (AvgIpc) is 3.63. The van der Waals surface area contributed by atoms with Crippen LogP contribution in [-0.2, 0) is 29.0 Å². The van der Waals surface area contributed by atoms with Gasteiger partial charge in [-0.05, 0) is 101 Å². The Hall–Kier alpha value is -1.94. The summed E-state index contributed by atoms with van der Waals surface area (Å²) in [6, 6.07) is 7.16. The summed E-state index contributed by atoms with van der Waals surface area (Å²) in [5.74, 6) is 0.555. The highest BCUT2D eigenvalue weighted by Crippen LogP contribution is 2.51. The lowest BCUT2D eigenvalue weighted by molar-refractivity contribution is -0.145. The number of carbonyl (C=O) groups is 2. The van der Waals surface area contributed by atoms with Crippen LogP contribution in [0.5, 0.6) is 0 Å². The number of fused-ring (bicyclic) bond motifs is 2. The van der Waals surface area contributed by atoms with Gasteiger partial charge >= 0.3 is 7.12 Å². The van der Waals surface area contributed by atoms with E-state index in [0.29, 0.717) is 44.0 Å². The summed E-state index contributed by atoms with van der Waals surface area (Å²) in [4.78, 5) is 34.7. The van der Waals surface area contributed by atoms with Crippen molar-refractivity contribution in [2.75, 3.05) is 37.7 Å². The largest absolute Gasteiger partial charge is 0.494 e. The van der Waals surface area contributed by atoms with E-state index in [9.17, 15) is 9.59 Å². The minimum atomic E-state index is -0.594. The maximum absolute atomic E-state index is 14.6. The van der Waals surface area contributed by atoms with Crippen LogP contribution in [0.1, 0.15) is 92.6 Å². The first-order valence-electron chi connectivity index (χ1n) is 16.7. The van der Waals surface area contributed by atoms with Gasteiger partial charge in [0.1, 0.15) is 6.10 Å². The Balaban J connectivity index is 1.16. The van der Waals surface area contributed by atoms with Gasteiger partial charge in [0.05, 0.1) is 16.6 Å². The van der Waals surface area contributed by atoms with Gasteiger partial charge in [-0.2, -0.15) is 0 Å². The Labute approximate surface area is 257 Å². The summed E-state index contributed by atoms with van der Waals surface area (Å²) in [6.45, 7) is 19.2. The fraction of sp³-hybridized carbons (Fsp3) is 0.765. The molecule has 0 unspecified atom stereocenters. The van der Waals surface area contributed by atoms with Crippen molar-refractivity contribution >= 4 is 30.1 Å². The highest BCUT2D eigenvalue weighted by molar-refractivity contribution is 6.62. The molecule has 1 saturated carbocycles. The Bertz CT molecular complexity index is 1280. The first-order chi connectivity index (χ1) is 20.2. The number of hydrogen-bond acceptors (Lipinski definition) is 6. The van der Waals surface area contributed by atoms with Gasteiger partial charge < -0.3 is 23.8 Å². The van der Waals surface area contributed by atoms with Crippen molar-refractivity contribution in [3.8, 4) is 0 Å². The Kier molecular flexibility index (Phi) is 6.94. The molecule has 8 nitrogen and oxygen atoms in total. The molecule has 1 aromatic carbocycles. The van der Waals surface area contributed by atoms with Gasteiger partial charge in [0.25, 0.3) is 5.91 Å². The van der Waals surface area contributed by atoms with Gasteiger partial charge in [-0.3, -0.25) is 14.5 Å². The van der Waals surface area contributed by atoms with Crippen molar-refractivity contribution in [3.63, 3.8) is 0 Å². The fourth-order valence-electron chi connectivity index (χ4n) is 8.41. The summed E-state index contributed by atoms with van der Waals surface area (Å²) in [5.41, 5.74) is 2.01. The second-order valence-electron chi connectivity index (χ2n) is 16.2. The zero-order valence-electron chi connectivity index (χ0n) is 27.3. The summed E-state index contributed by atoms with van der Waals surface area (Å²) >= 11 is 0. The molecule has 0 bridgehead atoms. The number of hydrogen-bond donors (Lipinski definition) is 0. The molecule has 43 heavy (non-hydrogen) atoms. The summed E-state index contributed by atoms with van der Waals surface area (Å²) in [5, 5.41) is 0. The maximum atomic E-state index is 14.6. The highest BCUT2D eigenvalue weighted by atomic mass is 16.7. The lowest BCUT2D eigenvalue weighted by Crippen LogP contribution is -2.58. The Morgan fingerprint density at radius 1 is 0.930 bits per heavy atom. The van der Waals surface area contributed by atoms with Crippen LogP contribution in [0, 0.1) is 11.3 Å². The molecule has 5 heterocycles. The Morgan fingerprint density at radius 3 is 2.19 bits per heavy atom. The molecule has 1 aliphatic carbocycles. The van der Waals surface area contributed by atoms with Crippen molar-refractivity contribution in [2.45, 2.75) is 122 Å². The van der Waals surface area contributed by atoms with Crippen molar-refractivity contribution in [3.05, 3.63) is 23.8 Å². The van der Waals surface area contributed by atoms with Crippen LogP contribution >= 0.6 is 0 Å². The van der Waals surface area contributed by atoms with Gasteiger partial charge in [-0.25, -0.2) is 0 Å². The second-order valence-corrected chi connectivity index (χ2v) is 16.2. The first-order valence-corrected chi connectivity index (χ1v) is 16.7. The molecule has 0 radical (unpaired) electrons. The van der Waals surface area contributed by atoms with Gasteiger partial charge in [-0.15, -0.1) is 0 Å². The van der Waals surface area contributed by atoms with E-state index in [2.05, 4.69) is 76.5 Å². The average molecular weight is 592 g/mol. The van der Waals surface area contributed by atoms with E-state index in [1.165, 1.54) is 6.42 Å². The van der Waals surface area contributed by atoms with E-state index >= 15 is 0 Å². The molecule has 9 heteroatoms. The zero-order chi connectivity index (χ0) is 30.5. The molecule has 6 aliphatic rings. The molecule has 0 N–H and O–H groups in total. The minimum absolute atomic E-state index is 0.0915. The van der Waals surface area contributed by atoms with E-state index in [1.54, 1.807) is 0 Å². The van der Waals surface area contributed by atoms with Gasteiger partial charge in [-0.1, -0.05) is 32.9 Å². The molecular formula is C34H50BN3O5. The van der Waals surface area contributed by atoms with Crippen LogP contribution < -0.4 is 10.4 Å². The smallest absolute Gasteiger partial charge is 0.399 e. The van der Waals surface area contributed by atoms with Gasteiger partial charge in [0.15, 0.2) is 0 Å². The standard InChI is InChI=1S/C34H50BN3O5/c1-22-10-17-41-28(22)29(39)36-15-12-34(13-16-36)26-9-8-23(35-42-32(4,5)33(6,7)43-35)18-27(26)38(30(34)40)25-19-24(20-25)37-14-11-31(2,3)21-37/h8-9,18,22,24-25,28H,10-17,19-21H2,1-7H3/t22-,24-,25+,28+/m0/s1. The zero-order valence-corrected chi connectivity index (χ0v) is 27.3. The van der Waals surface area contributed by atoms with E-state index in [0.717, 1.165) is 49.1 Å². The molecule has 234 valence electrons. The minimum Gasteiger partial charge on any atom is -0.399 e. The number of carbonyl (C=O) groups excluding carboxylic acids is 2. The van der Waals surface area contributed by atoms with Gasteiger partial charge in [0.2, 0.25) is 5.91 Å². The fourth-order valence-corrected chi connectivity index (χ4v) is 8.41. The van der Waals surface area contributed by atoms with Crippen LogP contribution in [-0.4, -0.2) is 90.9 Å². The van der Waals surface area contributed by atoms with Crippen LogP contribution in [0.25, 0.3) is 0 Å². The lowest BCUT2D eigenvalue weighted by Gasteiger charge is -2.46. The topological polar surface area (TPSA) is 71.6 Å². The molecule has 2 atom stereocenters. The highest BCUT2D eigenvalue weighted by Gasteiger charge is 2.57. The third-order valence-electron chi connectivity index (χ3n) is 12.2. The number of benzene rings is 1. The molecule has 5 fully saturated rings. The normalized spacial score (nSPS) is 34.2. The summed E-state index contributed by atoms with van der Waals surface area (Å²) in [7, 11) is -0.474. The molecule has 0 aromatic heterocycles. The third kappa shape index (κ3) is 4.71. The summed E-state index contributed by atoms with van der Waals surface area (Å²) in [6.07, 6.45) is 5.14. The number of likely N-dealkylation sites (tertiary alicyclic amines) is 2. The van der Waals surface area contributed by atoms with Crippen molar-refractivity contribution < 1.29 is 23.6 Å². The number of amides is 2. The van der Waals surface area contributed by atoms with Crippen molar-refractivity contribution in [1.82, 2.24) is 9.80 Å². The number of rotatable bonds is 4. The van der Waals surface area contributed by atoms with Crippen LogP contribution in [0.4, 0.5) is 5.69 Å². The second kappa shape index (κ2) is 10.0. The molecule has 7 rings (SSSR count). The monoisotopic (exact) mass is 591 g/mol. The number of ether oxygens (including phenoxy) is 1. The van der Waals surface area contributed by atoms with Crippen LogP contribution in [0.2, 0.25) is 0 Å². The predicted molar refractivity (Wildman–Crippen MR) is 167 cm³/mol. The van der Waals surface area contributed by atoms with Crippen LogP contribution in [0.15, 0.2) is 18.2 Å². The van der Waals surface area contributed by atoms with Crippen molar-refractivity contribution in [2.24, 2.45) is 11.3 Å². The quantitative estimate of drug-likeness (QED) is 0.496. The van der Waals surface area contributed by atoms with E-state index in [4.69, 9.17) is 14.0 Å². The third-order valence-corrected chi connectivity index (χ3v) is 12.2. The maximum Gasteiger partial charge on any atom is 0.494 e. The SMILES string of the molecule is C[C@H]1CCO[C@H]1C(=O)N1CCC2(CC1)C(=O)N([C@H]1C[C@@H](N3CCC(C)(C)C3)C1)c1cc(B3OC(C)(C)C(C)(C)O3)ccc12. The molecule has 1 aromatic rings. The summed E-state index contributed by atoms with van der Waals surface area (Å²) < 4.78 is 18.7. The van der Waals surface area contributed by atoms with Gasteiger partial charge in [0, 0.05) is 44.0 Å². The number of piperidine rings is 1. The van der Waals surface area contributed by atoms with E-state index in [1.807, 2.05) is 4.90 Å². The predicted octanol–water partition coefficient (Wildman–Crippen LogP) is 3.88. The molecule has 5 aliphatic heterocycles. The number of anilines is 1. The molecule has 1 spiro atoms. The lowest BCUT2D eigenvalue weighted by atomic mass is 9.71. The van der Waals surface area contributed by atoms with E-state index in [-0.39, 0.29) is 29.9 Å². The molecule has 4 saturated heterocycles. The molecular weight excluding hydrogens is 541 g/mol. The Morgan fingerprint density at radius 2 is 1.60 bits per heavy atom. The number of nitrogens with zero attached hydrogens (tertiary/aromatic N) is 3. The van der Waals surface area contributed by atoms with E-state index < -0.39 is 23.7 Å².